The van der Waals surface area contributed by atoms with E-state index in [-0.39, 0.29) is 26.1 Å². The summed E-state index contributed by atoms with van der Waals surface area (Å²) in [4.78, 5) is 37.5. The average Bonchev–Trinajstić information content (AvgIpc) is 3.21. The molecule has 0 saturated heterocycles. The van der Waals surface area contributed by atoms with E-state index in [1.54, 1.807) is 6.08 Å². The Morgan fingerprint density at radius 2 is 1.16 bits per heavy atom. The van der Waals surface area contributed by atoms with E-state index in [0.717, 1.165) is 51.4 Å². The summed E-state index contributed by atoms with van der Waals surface area (Å²) >= 11 is 0. The summed E-state index contributed by atoms with van der Waals surface area (Å²) < 4.78 is 33.7. The number of nitrogens with zero attached hydrogens (tertiary/aromatic N) is 1. The first-order valence-electron chi connectivity index (χ1n) is 22.4. The molecule has 0 spiro atoms. The Morgan fingerprint density at radius 3 is 1.75 bits per heavy atom. The number of esters is 2. The zero-order valence-electron chi connectivity index (χ0n) is 38.2. The zero-order valence-corrected chi connectivity index (χ0v) is 39.1. The van der Waals surface area contributed by atoms with Gasteiger partial charge in [-0.3, -0.25) is 14.2 Å². The molecule has 0 amide bonds. The van der Waals surface area contributed by atoms with Crippen LogP contribution in [0.1, 0.15) is 123 Å². The molecule has 0 aromatic carbocycles. The standard InChI is InChI=1S/C50H80NO9P/c1-6-8-10-12-14-15-16-17-18-19-20-21-22-23-24-25-30-34-38-42-50(54)60-48(46-59-61(55,56)58-44-43-51(3,4)5)45-57-49(53)41-37-33-29-27-26-28-32-36-40-47(52)39-35-31-13-11-9-7-2/h8,10,14-15,17-18,20-21,23-24,27-32,34-36,40,47-48,52H,6-7,9,11-13,16,19,22,25-26,33,37-39,41-46H2,1-5H3/b10-8-,15-14-,18-17-,21-20-,24-23-,29-27-,32-28-,34-30-,35-31-,40-36+/t47-,48-/m1/s1. The number of phosphoric acid groups is 1. The van der Waals surface area contributed by atoms with E-state index in [0.29, 0.717) is 36.7 Å². The number of allylic oxidation sites excluding steroid dienone is 18. The second-order valence-electron chi connectivity index (χ2n) is 15.5. The van der Waals surface area contributed by atoms with Gasteiger partial charge in [0.25, 0.3) is 7.82 Å². The average molecular weight is 870 g/mol. The first-order valence-corrected chi connectivity index (χ1v) is 23.8. The van der Waals surface area contributed by atoms with E-state index in [4.69, 9.17) is 18.5 Å². The lowest BCUT2D eigenvalue weighted by atomic mass is 10.1. The maximum absolute atomic E-state index is 12.7. The van der Waals surface area contributed by atoms with E-state index < -0.39 is 38.6 Å². The Labute approximate surface area is 370 Å². The normalized spacial score (nSPS) is 15.2. The Morgan fingerprint density at radius 1 is 0.623 bits per heavy atom. The lowest BCUT2D eigenvalue weighted by molar-refractivity contribution is -0.870. The lowest BCUT2D eigenvalue weighted by Gasteiger charge is -2.28. The predicted octanol–water partition coefficient (Wildman–Crippen LogP) is 11.2. The maximum atomic E-state index is 12.7. The number of likely N-dealkylation sites (N-methyl/N-ethyl adjacent to an activating group) is 1. The van der Waals surface area contributed by atoms with Gasteiger partial charge in [0, 0.05) is 12.8 Å². The van der Waals surface area contributed by atoms with Crippen LogP contribution in [0.25, 0.3) is 0 Å². The monoisotopic (exact) mass is 870 g/mol. The summed E-state index contributed by atoms with van der Waals surface area (Å²) in [6, 6.07) is 0. The number of hydrogen-bond acceptors (Lipinski definition) is 9. The summed E-state index contributed by atoms with van der Waals surface area (Å²) in [7, 11) is 1.03. The number of quaternary nitrogens is 1. The molecule has 1 unspecified atom stereocenters. The number of rotatable bonds is 38. The minimum atomic E-state index is -4.68. The summed E-state index contributed by atoms with van der Waals surface area (Å²) in [6.45, 7) is 3.80. The van der Waals surface area contributed by atoms with Gasteiger partial charge in [0.1, 0.15) is 19.8 Å². The van der Waals surface area contributed by atoms with Gasteiger partial charge < -0.3 is 33.0 Å². The maximum Gasteiger partial charge on any atom is 0.306 e. The summed E-state index contributed by atoms with van der Waals surface area (Å²) in [5, 5.41) is 10.0. The third-order valence-electron chi connectivity index (χ3n) is 8.56. The van der Waals surface area contributed by atoms with Crippen molar-refractivity contribution in [3.05, 3.63) is 122 Å². The highest BCUT2D eigenvalue weighted by Gasteiger charge is 2.21. The number of phosphoric ester groups is 1. The van der Waals surface area contributed by atoms with Crippen LogP contribution < -0.4 is 4.89 Å². The molecule has 3 atom stereocenters. The number of hydrogen-bond donors (Lipinski definition) is 1. The fraction of sp³-hybridized carbons (Fsp3) is 0.560. The summed E-state index contributed by atoms with van der Waals surface area (Å²) in [6.07, 6.45) is 52.8. The highest BCUT2D eigenvalue weighted by molar-refractivity contribution is 7.45. The van der Waals surface area contributed by atoms with Crippen LogP contribution >= 0.6 is 7.82 Å². The van der Waals surface area contributed by atoms with Crippen molar-refractivity contribution in [1.82, 2.24) is 0 Å². The van der Waals surface area contributed by atoms with Crippen LogP contribution in [0.3, 0.4) is 0 Å². The molecule has 0 radical (unpaired) electrons. The molecule has 0 rings (SSSR count). The Kier molecular flexibility index (Phi) is 38.0. The molecule has 0 aliphatic rings. The minimum absolute atomic E-state index is 0.0677. The highest BCUT2D eigenvalue weighted by Crippen LogP contribution is 2.38. The Hall–Kier alpha value is -3.63. The van der Waals surface area contributed by atoms with Crippen molar-refractivity contribution in [1.29, 1.82) is 0 Å². The van der Waals surface area contributed by atoms with Crippen molar-refractivity contribution >= 4 is 19.8 Å². The SMILES string of the molecule is CC/C=C\C/C=C\C/C=C\C/C=C\C/C=C\C/C=C\CCC(=O)O[C@H](COC(=O)CCC/C=C\C/C=C\C=C\[C@H](O)C/C=C\CCCCC)COP(=O)([O-])OCC[N+](C)(C)C. The van der Waals surface area contributed by atoms with Gasteiger partial charge in [-0.15, -0.1) is 0 Å². The van der Waals surface area contributed by atoms with E-state index in [1.165, 1.54) is 19.3 Å². The van der Waals surface area contributed by atoms with Crippen LogP contribution in [0, 0.1) is 0 Å². The topological polar surface area (TPSA) is 131 Å². The first-order chi connectivity index (χ1) is 29.4. The molecular weight excluding hydrogens is 790 g/mol. The Bertz CT molecular complexity index is 1460. The summed E-state index contributed by atoms with van der Waals surface area (Å²) in [5.74, 6) is -1.05. The number of carbonyl (C=O) groups excluding carboxylic acids is 2. The van der Waals surface area contributed by atoms with Gasteiger partial charge in [-0.1, -0.05) is 148 Å². The van der Waals surface area contributed by atoms with Gasteiger partial charge in [0.2, 0.25) is 0 Å². The van der Waals surface area contributed by atoms with Gasteiger partial charge in [-0.25, -0.2) is 0 Å². The fourth-order valence-corrected chi connectivity index (χ4v) is 5.78. The zero-order chi connectivity index (χ0) is 45.1. The number of carbonyl (C=O) groups is 2. The molecule has 0 heterocycles. The number of unbranched alkanes of at least 4 members (excludes halogenated alkanes) is 4. The molecule has 0 saturated carbocycles. The lowest BCUT2D eigenvalue weighted by Crippen LogP contribution is -2.37. The van der Waals surface area contributed by atoms with Gasteiger partial charge in [0.15, 0.2) is 6.10 Å². The molecule has 0 aliphatic heterocycles. The van der Waals surface area contributed by atoms with E-state index in [2.05, 4.69) is 80.7 Å². The number of aliphatic hydroxyl groups is 1. The third kappa shape index (κ3) is 44.2. The third-order valence-corrected chi connectivity index (χ3v) is 9.52. The van der Waals surface area contributed by atoms with Crippen molar-refractivity contribution in [2.75, 3.05) is 47.5 Å². The number of ether oxygens (including phenoxy) is 2. The fourth-order valence-electron chi connectivity index (χ4n) is 5.05. The molecule has 0 aromatic heterocycles. The van der Waals surface area contributed by atoms with Gasteiger partial charge in [-0.05, 0) is 83.5 Å². The van der Waals surface area contributed by atoms with Gasteiger partial charge in [0.05, 0.1) is 33.9 Å². The van der Waals surface area contributed by atoms with Crippen LogP contribution in [0.15, 0.2) is 122 Å². The first kappa shape index (κ1) is 57.4. The quantitative estimate of drug-likeness (QED) is 0.0161. The van der Waals surface area contributed by atoms with Crippen molar-refractivity contribution < 1.29 is 47.2 Å². The van der Waals surface area contributed by atoms with Crippen molar-refractivity contribution in [2.24, 2.45) is 0 Å². The smallest absolute Gasteiger partial charge is 0.306 e. The van der Waals surface area contributed by atoms with E-state index >= 15 is 0 Å². The minimum Gasteiger partial charge on any atom is -0.756 e. The van der Waals surface area contributed by atoms with Crippen molar-refractivity contribution in [3.63, 3.8) is 0 Å². The molecule has 10 nitrogen and oxygen atoms in total. The number of aliphatic hydroxyl groups excluding tert-OH is 1. The van der Waals surface area contributed by atoms with Crippen LogP contribution in [0.2, 0.25) is 0 Å². The van der Waals surface area contributed by atoms with E-state index in [9.17, 15) is 24.2 Å². The molecule has 11 heteroatoms. The molecule has 0 aromatic rings. The highest BCUT2D eigenvalue weighted by atomic mass is 31.2. The van der Waals surface area contributed by atoms with Crippen molar-refractivity contribution in [2.45, 2.75) is 135 Å². The van der Waals surface area contributed by atoms with Crippen molar-refractivity contribution in [3.8, 4) is 0 Å². The molecule has 0 fully saturated rings. The second kappa shape index (κ2) is 40.4. The van der Waals surface area contributed by atoms with Crippen LogP contribution in [0.5, 0.6) is 0 Å². The molecule has 1 N–H and O–H groups in total. The Balaban J connectivity index is 4.66. The molecule has 0 bridgehead atoms. The van der Waals surface area contributed by atoms with Gasteiger partial charge in [-0.2, -0.15) is 0 Å². The molecule has 0 aliphatic carbocycles. The second-order valence-corrected chi connectivity index (χ2v) is 16.9. The molecule has 344 valence electrons. The molecule has 61 heavy (non-hydrogen) atoms. The molecular formula is C50H80NO9P. The van der Waals surface area contributed by atoms with Crippen LogP contribution in [-0.4, -0.2) is 81.2 Å². The van der Waals surface area contributed by atoms with Crippen LogP contribution in [0.4, 0.5) is 0 Å². The summed E-state index contributed by atoms with van der Waals surface area (Å²) in [5.41, 5.74) is 0. The predicted molar refractivity (Wildman–Crippen MR) is 250 cm³/mol. The largest absolute Gasteiger partial charge is 0.756 e. The van der Waals surface area contributed by atoms with E-state index in [1.807, 2.05) is 69.8 Å². The van der Waals surface area contributed by atoms with Crippen LogP contribution in [-0.2, 0) is 32.7 Å². The van der Waals surface area contributed by atoms with Gasteiger partial charge >= 0.3 is 11.9 Å².